The lowest BCUT2D eigenvalue weighted by atomic mass is 10.0. The van der Waals surface area contributed by atoms with Crippen LogP contribution >= 0.6 is 11.8 Å². The smallest absolute Gasteiger partial charge is 0.332 e. The van der Waals surface area contributed by atoms with Gasteiger partial charge in [0.15, 0.2) is 5.82 Å². The Morgan fingerprint density at radius 2 is 2.00 bits per heavy atom. The van der Waals surface area contributed by atoms with Gasteiger partial charge in [-0.1, -0.05) is 19.0 Å². The molecule has 0 unspecified atom stereocenters. The molecule has 0 aliphatic carbocycles. The maximum atomic E-state index is 12.9. The number of amides is 1. The number of thioether (sulfide) groups is 1. The third-order valence-corrected chi connectivity index (χ3v) is 5.53. The van der Waals surface area contributed by atoms with Gasteiger partial charge >= 0.3 is 5.69 Å². The number of fused-ring (bicyclic) bond motifs is 1. The molecule has 3 aromatic rings. The van der Waals surface area contributed by atoms with Gasteiger partial charge in [0.05, 0.1) is 11.1 Å². The summed E-state index contributed by atoms with van der Waals surface area (Å²) >= 11 is 1.25. The van der Waals surface area contributed by atoms with Gasteiger partial charge in [-0.2, -0.15) is 0 Å². The minimum Gasteiger partial charge on any atom is -0.360 e. The maximum Gasteiger partial charge on any atom is 0.332 e. The monoisotopic (exact) mass is 417 g/mol. The number of rotatable bonds is 6. The van der Waals surface area contributed by atoms with Crippen molar-refractivity contribution in [2.45, 2.75) is 32.1 Å². The second-order valence-corrected chi connectivity index (χ2v) is 8.26. The second-order valence-electron chi connectivity index (χ2n) is 7.27. The Hall–Kier alpha value is -2.88. The average molecular weight is 417 g/mol. The second kappa shape index (κ2) is 8.24. The van der Waals surface area contributed by atoms with Gasteiger partial charge in [-0.15, -0.1) is 11.8 Å². The van der Waals surface area contributed by atoms with E-state index in [0.717, 1.165) is 10.1 Å². The standard InChI is InChI=1S/C19H23N5O4S/c1-10(2)6-12-8-20-17-15(18(26)24(5)19(27)23(17)4)16(12)29-9-14(25)21-13-7-11(3)28-22-13/h7-8,10H,6,9H2,1-5H3,(H,21,22,25). The third-order valence-electron chi connectivity index (χ3n) is 4.37. The molecular weight excluding hydrogens is 394 g/mol. The minimum atomic E-state index is -0.443. The summed E-state index contributed by atoms with van der Waals surface area (Å²) in [5.74, 6) is 1.06. The molecule has 0 saturated heterocycles. The number of nitrogens with one attached hydrogen (secondary N) is 1. The van der Waals surface area contributed by atoms with E-state index < -0.39 is 11.2 Å². The van der Waals surface area contributed by atoms with Gasteiger partial charge in [-0.25, -0.2) is 9.78 Å². The van der Waals surface area contributed by atoms with Gasteiger partial charge in [-0.3, -0.25) is 18.7 Å². The van der Waals surface area contributed by atoms with E-state index in [2.05, 4.69) is 29.3 Å². The van der Waals surface area contributed by atoms with Crippen LogP contribution in [0.15, 0.2) is 31.3 Å². The molecule has 0 fully saturated rings. The summed E-state index contributed by atoms with van der Waals surface area (Å²) in [4.78, 5) is 42.5. The predicted octanol–water partition coefficient (Wildman–Crippen LogP) is 1.86. The van der Waals surface area contributed by atoms with Crippen LogP contribution in [0.5, 0.6) is 0 Å². The highest BCUT2D eigenvalue weighted by molar-refractivity contribution is 8.00. The van der Waals surface area contributed by atoms with E-state index in [1.165, 1.54) is 23.4 Å². The fraction of sp³-hybridized carbons (Fsp3) is 0.421. The van der Waals surface area contributed by atoms with Crippen molar-refractivity contribution in [1.29, 1.82) is 0 Å². The first kappa shape index (κ1) is 20.8. The number of hydrogen-bond donors (Lipinski definition) is 1. The number of aryl methyl sites for hydroxylation is 2. The van der Waals surface area contributed by atoms with Crippen molar-refractivity contribution in [2.24, 2.45) is 20.0 Å². The number of pyridine rings is 1. The highest BCUT2D eigenvalue weighted by Gasteiger charge is 2.19. The number of carbonyl (C=O) groups excluding carboxylic acids is 1. The predicted molar refractivity (Wildman–Crippen MR) is 111 cm³/mol. The normalized spacial score (nSPS) is 11.4. The van der Waals surface area contributed by atoms with E-state index in [0.29, 0.717) is 39.8 Å². The first-order valence-corrected chi connectivity index (χ1v) is 10.1. The van der Waals surface area contributed by atoms with Crippen molar-refractivity contribution in [3.8, 4) is 0 Å². The summed E-state index contributed by atoms with van der Waals surface area (Å²) in [5.41, 5.74) is 0.317. The summed E-state index contributed by atoms with van der Waals surface area (Å²) in [6, 6.07) is 1.63. The van der Waals surface area contributed by atoms with Crippen LogP contribution < -0.4 is 16.6 Å². The molecule has 1 amide bonds. The SMILES string of the molecule is Cc1cc(NC(=O)CSc2c(CC(C)C)cnc3c2c(=O)n(C)c(=O)n3C)no1. The summed E-state index contributed by atoms with van der Waals surface area (Å²) in [5, 5.41) is 6.77. The zero-order chi connectivity index (χ0) is 21.3. The average Bonchev–Trinajstić information content (AvgIpc) is 3.07. The molecule has 0 radical (unpaired) electrons. The zero-order valence-electron chi connectivity index (χ0n) is 17.0. The van der Waals surface area contributed by atoms with Crippen molar-refractivity contribution < 1.29 is 9.32 Å². The van der Waals surface area contributed by atoms with E-state index in [1.54, 1.807) is 26.2 Å². The molecule has 154 valence electrons. The van der Waals surface area contributed by atoms with E-state index >= 15 is 0 Å². The van der Waals surface area contributed by atoms with Crippen LogP contribution in [0, 0.1) is 12.8 Å². The first-order chi connectivity index (χ1) is 13.7. The Morgan fingerprint density at radius 3 is 2.62 bits per heavy atom. The van der Waals surface area contributed by atoms with E-state index in [-0.39, 0.29) is 11.7 Å². The van der Waals surface area contributed by atoms with Crippen molar-refractivity contribution in [3.63, 3.8) is 0 Å². The van der Waals surface area contributed by atoms with Gasteiger partial charge in [-0.05, 0) is 24.8 Å². The molecule has 0 saturated carbocycles. The van der Waals surface area contributed by atoms with Crippen LogP contribution in [0.25, 0.3) is 11.0 Å². The zero-order valence-corrected chi connectivity index (χ0v) is 17.8. The van der Waals surface area contributed by atoms with Crippen LogP contribution in [0.2, 0.25) is 0 Å². The van der Waals surface area contributed by atoms with Gasteiger partial charge in [0, 0.05) is 31.3 Å². The van der Waals surface area contributed by atoms with E-state index in [9.17, 15) is 14.4 Å². The Morgan fingerprint density at radius 1 is 1.28 bits per heavy atom. The highest BCUT2D eigenvalue weighted by Crippen LogP contribution is 2.29. The minimum absolute atomic E-state index is 0.0715. The quantitative estimate of drug-likeness (QED) is 0.609. The molecule has 0 spiro atoms. The van der Waals surface area contributed by atoms with Gasteiger partial charge < -0.3 is 9.84 Å². The topological polar surface area (TPSA) is 112 Å². The molecule has 29 heavy (non-hydrogen) atoms. The molecule has 0 aliphatic heterocycles. The van der Waals surface area contributed by atoms with Gasteiger partial charge in [0.25, 0.3) is 5.56 Å². The number of anilines is 1. The Labute approximate surface area is 171 Å². The summed E-state index contributed by atoms with van der Waals surface area (Å²) in [6.07, 6.45) is 2.38. The molecule has 0 atom stereocenters. The van der Waals surface area contributed by atoms with Crippen molar-refractivity contribution in [3.05, 3.63) is 44.4 Å². The van der Waals surface area contributed by atoms with Gasteiger partial charge in [0.2, 0.25) is 5.91 Å². The molecular formula is C19H23N5O4S. The molecule has 3 heterocycles. The maximum absolute atomic E-state index is 12.9. The highest BCUT2D eigenvalue weighted by atomic mass is 32.2. The molecule has 10 heteroatoms. The Kier molecular flexibility index (Phi) is 5.92. The lowest BCUT2D eigenvalue weighted by Crippen LogP contribution is -2.37. The molecule has 9 nitrogen and oxygen atoms in total. The fourth-order valence-electron chi connectivity index (χ4n) is 3.03. The van der Waals surface area contributed by atoms with Crippen molar-refractivity contribution in [1.82, 2.24) is 19.3 Å². The third kappa shape index (κ3) is 4.26. The number of carbonyl (C=O) groups is 1. The van der Waals surface area contributed by atoms with Crippen LogP contribution in [0.4, 0.5) is 5.82 Å². The van der Waals surface area contributed by atoms with Gasteiger partial charge in [0.1, 0.15) is 11.4 Å². The van der Waals surface area contributed by atoms with Crippen molar-refractivity contribution in [2.75, 3.05) is 11.1 Å². The Balaban J connectivity index is 2.02. The Bertz CT molecular complexity index is 1190. The molecule has 0 aromatic carbocycles. The largest absolute Gasteiger partial charge is 0.360 e. The molecule has 3 rings (SSSR count). The molecule has 0 bridgehead atoms. The number of hydrogen-bond acceptors (Lipinski definition) is 7. The summed E-state index contributed by atoms with van der Waals surface area (Å²) in [6.45, 7) is 5.87. The summed E-state index contributed by atoms with van der Waals surface area (Å²) in [7, 11) is 3.01. The lowest BCUT2D eigenvalue weighted by Gasteiger charge is -2.15. The molecule has 3 aromatic heterocycles. The molecule has 0 aliphatic rings. The van der Waals surface area contributed by atoms with E-state index in [4.69, 9.17) is 4.52 Å². The van der Waals surface area contributed by atoms with Crippen molar-refractivity contribution >= 4 is 34.5 Å². The number of aromatic nitrogens is 4. The van der Waals surface area contributed by atoms with Crippen LogP contribution in [0.3, 0.4) is 0 Å². The van der Waals surface area contributed by atoms with Crippen LogP contribution in [0.1, 0.15) is 25.2 Å². The molecule has 1 N–H and O–H groups in total. The number of nitrogens with zero attached hydrogens (tertiary/aromatic N) is 4. The lowest BCUT2D eigenvalue weighted by molar-refractivity contribution is -0.113. The van der Waals surface area contributed by atoms with E-state index in [1.807, 2.05) is 0 Å². The fourth-order valence-corrected chi connectivity index (χ4v) is 4.03. The van der Waals surface area contributed by atoms with Crippen LogP contribution in [-0.2, 0) is 25.3 Å². The van der Waals surface area contributed by atoms with Crippen LogP contribution in [-0.4, -0.2) is 30.9 Å². The first-order valence-electron chi connectivity index (χ1n) is 9.12. The summed E-state index contributed by atoms with van der Waals surface area (Å²) < 4.78 is 7.35.